The number of nitrogens with one attached hydrogen (secondary N) is 1. The molecule has 1 aliphatic heterocycles. The number of carbonyl (C=O) groups is 1. The number of fused-ring (bicyclic) bond motifs is 1. The maximum atomic E-state index is 13.3. The van der Waals surface area contributed by atoms with Gasteiger partial charge in [-0.05, 0) is 12.5 Å². The first-order valence-corrected chi connectivity index (χ1v) is 5.20. The lowest BCUT2D eigenvalue weighted by atomic mass is 10.0. The molecule has 0 fully saturated rings. The van der Waals surface area contributed by atoms with Gasteiger partial charge >= 0.3 is 0 Å². The van der Waals surface area contributed by atoms with Crippen molar-refractivity contribution in [3.05, 3.63) is 29.3 Å². The Morgan fingerprint density at radius 2 is 2.29 bits per heavy atom. The molecule has 0 aliphatic carbocycles. The van der Waals surface area contributed by atoms with Crippen molar-refractivity contribution in [1.29, 1.82) is 0 Å². The Bertz CT molecular complexity index is 451. The Hall–Kier alpha value is -1.69. The van der Waals surface area contributed by atoms with Crippen LogP contribution in [0.2, 0.25) is 0 Å². The van der Waals surface area contributed by atoms with Crippen LogP contribution in [0.1, 0.15) is 5.56 Å². The second kappa shape index (κ2) is 4.67. The van der Waals surface area contributed by atoms with Gasteiger partial charge in [0.25, 0.3) is 0 Å². The molecule has 6 heteroatoms. The van der Waals surface area contributed by atoms with Gasteiger partial charge in [-0.25, -0.2) is 8.78 Å². The molecule has 17 heavy (non-hydrogen) atoms. The Kier molecular flexibility index (Phi) is 3.23. The Morgan fingerprint density at radius 1 is 1.53 bits per heavy atom. The van der Waals surface area contributed by atoms with Crippen LogP contribution in [0, 0.1) is 11.6 Å². The summed E-state index contributed by atoms with van der Waals surface area (Å²) in [5, 5.41) is 2.61. The maximum Gasteiger partial charge on any atom is 0.234 e. The van der Waals surface area contributed by atoms with E-state index < -0.39 is 11.6 Å². The number of benzene rings is 1. The number of amides is 1. The van der Waals surface area contributed by atoms with Crippen LogP contribution >= 0.6 is 0 Å². The molecule has 0 saturated carbocycles. The molecule has 92 valence electrons. The molecule has 1 heterocycles. The highest BCUT2D eigenvalue weighted by atomic mass is 19.1. The quantitative estimate of drug-likeness (QED) is 0.786. The van der Waals surface area contributed by atoms with E-state index in [1.807, 2.05) is 0 Å². The van der Waals surface area contributed by atoms with Crippen molar-refractivity contribution >= 4 is 5.91 Å². The van der Waals surface area contributed by atoms with E-state index in [4.69, 9.17) is 10.5 Å². The summed E-state index contributed by atoms with van der Waals surface area (Å²) < 4.78 is 31.5. The average Bonchev–Trinajstić information content (AvgIpc) is 2.28. The molecule has 0 spiro atoms. The van der Waals surface area contributed by atoms with E-state index in [1.165, 1.54) is 6.07 Å². The molecule has 1 aromatic rings. The highest BCUT2D eigenvalue weighted by molar-refractivity contribution is 5.78. The molecule has 0 bridgehead atoms. The second-order valence-electron chi connectivity index (χ2n) is 3.86. The van der Waals surface area contributed by atoms with Crippen molar-refractivity contribution in [1.82, 2.24) is 5.32 Å². The minimum absolute atomic E-state index is 0.0599. The van der Waals surface area contributed by atoms with E-state index in [2.05, 4.69) is 5.32 Å². The summed E-state index contributed by atoms with van der Waals surface area (Å²) in [4.78, 5) is 11.1. The van der Waals surface area contributed by atoms with Crippen LogP contribution in [0.3, 0.4) is 0 Å². The number of nitrogens with two attached hydrogens (primary N) is 1. The number of hydrogen-bond acceptors (Lipinski definition) is 3. The number of carbonyl (C=O) groups excluding carboxylic acids is 1. The fraction of sp³-hybridized carbons (Fsp3) is 0.364. The lowest BCUT2D eigenvalue weighted by Crippen LogP contribution is -2.45. The van der Waals surface area contributed by atoms with Gasteiger partial charge in [-0.15, -0.1) is 0 Å². The first kappa shape index (κ1) is 11.8. The van der Waals surface area contributed by atoms with E-state index in [0.29, 0.717) is 12.0 Å². The molecule has 3 N–H and O–H groups in total. The van der Waals surface area contributed by atoms with Crippen LogP contribution in [0.4, 0.5) is 8.78 Å². The lowest BCUT2D eigenvalue weighted by molar-refractivity contribution is -0.120. The number of ether oxygens (including phenoxy) is 1. The second-order valence-corrected chi connectivity index (χ2v) is 3.86. The van der Waals surface area contributed by atoms with Crippen LogP contribution in [0.25, 0.3) is 0 Å². The van der Waals surface area contributed by atoms with Crippen molar-refractivity contribution in [2.45, 2.75) is 12.5 Å². The first-order chi connectivity index (χ1) is 8.10. The van der Waals surface area contributed by atoms with Gasteiger partial charge in [0, 0.05) is 11.6 Å². The third-order valence-electron chi connectivity index (χ3n) is 2.53. The normalized spacial score (nSPS) is 18.2. The third kappa shape index (κ3) is 2.52. The summed E-state index contributed by atoms with van der Waals surface area (Å²) in [6.45, 7) is 0.0299. The van der Waals surface area contributed by atoms with Gasteiger partial charge in [0.05, 0.1) is 12.6 Å². The van der Waals surface area contributed by atoms with Gasteiger partial charge in [-0.1, -0.05) is 0 Å². The van der Waals surface area contributed by atoms with Crippen molar-refractivity contribution in [2.75, 3.05) is 13.2 Å². The minimum Gasteiger partial charge on any atom is -0.488 e. The van der Waals surface area contributed by atoms with Gasteiger partial charge < -0.3 is 15.8 Å². The SMILES string of the molecule is NCC(=O)NC1COc2c(F)cc(F)cc2C1. The average molecular weight is 242 g/mol. The van der Waals surface area contributed by atoms with E-state index in [0.717, 1.165) is 6.07 Å². The predicted octanol–water partition coefficient (Wildman–Crippen LogP) is 0.343. The highest BCUT2D eigenvalue weighted by Gasteiger charge is 2.24. The van der Waals surface area contributed by atoms with Gasteiger partial charge in [-0.2, -0.15) is 0 Å². The zero-order valence-corrected chi connectivity index (χ0v) is 9.00. The lowest BCUT2D eigenvalue weighted by Gasteiger charge is -2.26. The van der Waals surface area contributed by atoms with E-state index >= 15 is 0 Å². The zero-order chi connectivity index (χ0) is 12.4. The van der Waals surface area contributed by atoms with Gasteiger partial charge in [0.1, 0.15) is 12.4 Å². The number of rotatable bonds is 2. The fourth-order valence-corrected chi connectivity index (χ4v) is 1.81. The predicted molar refractivity (Wildman–Crippen MR) is 56.5 cm³/mol. The van der Waals surface area contributed by atoms with Crippen molar-refractivity contribution in [3.63, 3.8) is 0 Å². The topological polar surface area (TPSA) is 64.4 Å². The molecular formula is C11H12F2N2O2. The van der Waals surface area contributed by atoms with E-state index in [-0.39, 0.29) is 30.9 Å². The van der Waals surface area contributed by atoms with Crippen LogP contribution < -0.4 is 15.8 Å². The molecule has 1 amide bonds. The molecule has 1 aromatic carbocycles. The molecule has 1 unspecified atom stereocenters. The van der Waals surface area contributed by atoms with E-state index in [9.17, 15) is 13.6 Å². The smallest absolute Gasteiger partial charge is 0.234 e. The summed E-state index contributed by atoms with van der Waals surface area (Å²) in [6, 6.07) is 1.68. The Morgan fingerprint density at radius 3 is 3.00 bits per heavy atom. The third-order valence-corrected chi connectivity index (χ3v) is 2.53. The highest BCUT2D eigenvalue weighted by Crippen LogP contribution is 2.28. The van der Waals surface area contributed by atoms with Gasteiger partial charge in [0.15, 0.2) is 11.6 Å². The summed E-state index contributed by atoms with van der Waals surface area (Å²) in [5.41, 5.74) is 5.57. The monoisotopic (exact) mass is 242 g/mol. The summed E-state index contributed by atoms with van der Waals surface area (Å²) >= 11 is 0. The maximum absolute atomic E-state index is 13.3. The zero-order valence-electron chi connectivity index (χ0n) is 9.00. The van der Waals surface area contributed by atoms with Crippen molar-refractivity contribution in [3.8, 4) is 5.75 Å². The Labute approximate surface area is 96.7 Å². The Balaban J connectivity index is 2.15. The summed E-state index contributed by atoms with van der Waals surface area (Å²) in [6.07, 6.45) is 0.329. The summed E-state index contributed by atoms with van der Waals surface area (Å²) in [5.74, 6) is -1.64. The largest absolute Gasteiger partial charge is 0.488 e. The van der Waals surface area contributed by atoms with Crippen molar-refractivity contribution < 1.29 is 18.3 Å². The number of hydrogen-bond donors (Lipinski definition) is 2. The molecule has 0 radical (unpaired) electrons. The van der Waals surface area contributed by atoms with Crippen LogP contribution in [-0.2, 0) is 11.2 Å². The standard InChI is InChI=1S/C11H12F2N2O2/c12-7-1-6-2-8(15-10(16)4-14)5-17-11(6)9(13)3-7/h1,3,8H,2,4-5,14H2,(H,15,16). The summed E-state index contributed by atoms with van der Waals surface area (Å²) in [7, 11) is 0. The molecule has 0 saturated heterocycles. The first-order valence-electron chi connectivity index (χ1n) is 5.20. The van der Waals surface area contributed by atoms with Crippen LogP contribution in [0.5, 0.6) is 5.75 Å². The fourth-order valence-electron chi connectivity index (χ4n) is 1.81. The number of halogens is 2. The molecular weight excluding hydrogens is 230 g/mol. The molecule has 1 atom stereocenters. The molecule has 2 rings (SSSR count). The van der Waals surface area contributed by atoms with Crippen molar-refractivity contribution in [2.24, 2.45) is 5.73 Å². The van der Waals surface area contributed by atoms with Gasteiger partial charge in [0.2, 0.25) is 5.91 Å². The molecule has 0 aromatic heterocycles. The molecule has 1 aliphatic rings. The van der Waals surface area contributed by atoms with E-state index in [1.54, 1.807) is 0 Å². The van der Waals surface area contributed by atoms with Gasteiger partial charge in [-0.3, -0.25) is 4.79 Å². The minimum atomic E-state index is -0.719. The van der Waals surface area contributed by atoms with Crippen LogP contribution in [0.15, 0.2) is 12.1 Å². The molecule has 4 nitrogen and oxygen atoms in total. The van der Waals surface area contributed by atoms with Crippen LogP contribution in [-0.4, -0.2) is 25.1 Å².